The normalized spacial score (nSPS) is 15.0. The van der Waals surface area contributed by atoms with Crippen LogP contribution in [0.15, 0.2) is 42.5 Å². The van der Waals surface area contributed by atoms with Gasteiger partial charge in [0.05, 0.1) is 12.1 Å². The van der Waals surface area contributed by atoms with E-state index in [0.29, 0.717) is 24.2 Å². The number of carbonyl (C=O) groups is 1. The Labute approximate surface area is 220 Å². The summed E-state index contributed by atoms with van der Waals surface area (Å²) in [5.41, 5.74) is -1.03. The zero-order chi connectivity index (χ0) is 27.4. The summed E-state index contributed by atoms with van der Waals surface area (Å²) >= 11 is 5.74. The van der Waals surface area contributed by atoms with E-state index in [1.165, 1.54) is 47.1 Å². The molecule has 2 aromatic heterocycles. The van der Waals surface area contributed by atoms with Crippen molar-refractivity contribution < 1.29 is 22.4 Å². The quantitative estimate of drug-likeness (QED) is 0.344. The van der Waals surface area contributed by atoms with Crippen LogP contribution in [0.25, 0.3) is 0 Å². The first kappa shape index (κ1) is 26.8. The van der Waals surface area contributed by atoms with Gasteiger partial charge in [0.15, 0.2) is 5.15 Å². The number of rotatable bonds is 4. The number of halogens is 5. The summed E-state index contributed by atoms with van der Waals surface area (Å²) in [5, 5.41) is 17.3. The predicted octanol–water partition coefficient (Wildman–Crippen LogP) is 4.92. The smallest absolute Gasteiger partial charge is 0.343 e. The van der Waals surface area contributed by atoms with Crippen LogP contribution in [0.4, 0.5) is 29.1 Å². The summed E-state index contributed by atoms with van der Waals surface area (Å²) in [5.74, 6) is 4.43. The number of amides is 1. The number of benzene rings is 1. The molecule has 38 heavy (non-hydrogen) atoms. The fraction of sp³-hybridized carbons (Fsp3) is 0.269. The van der Waals surface area contributed by atoms with E-state index in [-0.39, 0.29) is 29.8 Å². The van der Waals surface area contributed by atoms with E-state index in [4.69, 9.17) is 11.6 Å². The SMILES string of the molecule is Cc1cc(C(F)(F)F)c(C#N)c(N2CCCC2C(=O)N(CC#Cc2ccc(Cl)nn2)c2ccc(F)cc2)n1. The number of hydrogen-bond acceptors (Lipinski definition) is 6. The number of carbonyl (C=O) groups excluding carboxylic acids is 1. The highest BCUT2D eigenvalue weighted by Crippen LogP contribution is 2.38. The number of hydrogen-bond donors (Lipinski definition) is 0. The van der Waals surface area contributed by atoms with Crippen molar-refractivity contribution in [3.05, 3.63) is 75.9 Å². The Kier molecular flexibility index (Phi) is 7.79. The van der Waals surface area contributed by atoms with E-state index >= 15 is 0 Å². The Morgan fingerprint density at radius 3 is 2.58 bits per heavy atom. The first-order valence-corrected chi connectivity index (χ1v) is 11.8. The van der Waals surface area contributed by atoms with E-state index in [1.54, 1.807) is 12.1 Å². The highest BCUT2D eigenvalue weighted by molar-refractivity contribution is 6.29. The summed E-state index contributed by atoms with van der Waals surface area (Å²) in [6.07, 6.45) is -3.97. The molecule has 1 amide bonds. The number of pyridine rings is 1. The minimum absolute atomic E-state index is 0.0646. The Bertz CT molecular complexity index is 1440. The zero-order valence-corrected chi connectivity index (χ0v) is 20.7. The second-order valence-electron chi connectivity index (χ2n) is 8.41. The maximum atomic E-state index is 13.8. The molecule has 194 valence electrons. The largest absolute Gasteiger partial charge is 0.417 e. The first-order valence-electron chi connectivity index (χ1n) is 11.4. The minimum Gasteiger partial charge on any atom is -0.343 e. The van der Waals surface area contributed by atoms with Gasteiger partial charge in [0, 0.05) is 17.9 Å². The van der Waals surface area contributed by atoms with Crippen molar-refractivity contribution in [2.75, 3.05) is 22.9 Å². The summed E-state index contributed by atoms with van der Waals surface area (Å²) in [6, 6.07) is 9.77. The number of aryl methyl sites for hydroxylation is 1. The van der Waals surface area contributed by atoms with Crippen molar-refractivity contribution in [1.82, 2.24) is 15.2 Å². The molecule has 12 heteroatoms. The van der Waals surface area contributed by atoms with Crippen LogP contribution in [0.3, 0.4) is 0 Å². The molecule has 0 saturated carbocycles. The summed E-state index contributed by atoms with van der Waals surface area (Å²) in [4.78, 5) is 20.8. The van der Waals surface area contributed by atoms with Crippen molar-refractivity contribution in [2.24, 2.45) is 0 Å². The van der Waals surface area contributed by atoms with Crippen LogP contribution in [-0.4, -0.2) is 40.2 Å². The molecule has 1 fully saturated rings. The van der Waals surface area contributed by atoms with Gasteiger partial charge in [-0.2, -0.15) is 18.4 Å². The highest BCUT2D eigenvalue weighted by atomic mass is 35.5. The van der Waals surface area contributed by atoms with Crippen molar-refractivity contribution in [1.29, 1.82) is 5.26 Å². The lowest BCUT2D eigenvalue weighted by atomic mass is 10.1. The molecular weight excluding hydrogens is 524 g/mol. The second kappa shape index (κ2) is 11.0. The number of aromatic nitrogens is 3. The van der Waals surface area contributed by atoms with Crippen molar-refractivity contribution in [3.8, 4) is 17.9 Å². The van der Waals surface area contributed by atoms with E-state index < -0.39 is 35.1 Å². The molecule has 3 aromatic rings. The van der Waals surface area contributed by atoms with Crippen LogP contribution < -0.4 is 9.80 Å². The first-order chi connectivity index (χ1) is 18.1. The molecule has 3 heterocycles. The molecule has 0 spiro atoms. The topological polar surface area (TPSA) is 86.0 Å². The molecule has 0 aliphatic carbocycles. The van der Waals surface area contributed by atoms with Crippen LogP contribution in [-0.2, 0) is 11.0 Å². The van der Waals surface area contributed by atoms with Gasteiger partial charge in [-0.1, -0.05) is 17.5 Å². The fourth-order valence-corrected chi connectivity index (χ4v) is 4.27. The van der Waals surface area contributed by atoms with Gasteiger partial charge in [0.1, 0.15) is 35.0 Å². The highest BCUT2D eigenvalue weighted by Gasteiger charge is 2.40. The Morgan fingerprint density at radius 1 is 1.21 bits per heavy atom. The third-order valence-corrected chi connectivity index (χ3v) is 6.05. The molecule has 1 aromatic carbocycles. The Hall–Kier alpha value is -4.22. The van der Waals surface area contributed by atoms with Crippen LogP contribution in [0, 0.1) is 35.9 Å². The van der Waals surface area contributed by atoms with Gasteiger partial charge in [-0.05, 0) is 68.2 Å². The van der Waals surface area contributed by atoms with Gasteiger partial charge in [0.25, 0.3) is 5.91 Å². The average molecular weight is 543 g/mol. The van der Waals surface area contributed by atoms with E-state index in [2.05, 4.69) is 27.0 Å². The third kappa shape index (κ3) is 5.84. The van der Waals surface area contributed by atoms with Gasteiger partial charge in [0.2, 0.25) is 0 Å². The van der Waals surface area contributed by atoms with Crippen molar-refractivity contribution in [3.63, 3.8) is 0 Å². The predicted molar refractivity (Wildman–Crippen MR) is 132 cm³/mol. The molecule has 4 rings (SSSR count). The lowest BCUT2D eigenvalue weighted by Crippen LogP contribution is -2.47. The number of nitrogens with zero attached hydrogens (tertiary/aromatic N) is 6. The van der Waals surface area contributed by atoms with E-state index in [0.717, 1.165) is 6.07 Å². The molecular formula is C26H19ClF4N6O. The van der Waals surface area contributed by atoms with Crippen molar-refractivity contribution >= 4 is 29.0 Å². The monoisotopic (exact) mass is 542 g/mol. The van der Waals surface area contributed by atoms with Crippen LogP contribution >= 0.6 is 11.6 Å². The van der Waals surface area contributed by atoms with E-state index in [9.17, 15) is 27.6 Å². The van der Waals surface area contributed by atoms with Gasteiger partial charge >= 0.3 is 6.18 Å². The molecule has 1 aliphatic rings. The Morgan fingerprint density at radius 2 is 1.95 bits per heavy atom. The third-order valence-electron chi connectivity index (χ3n) is 5.85. The molecule has 7 nitrogen and oxygen atoms in total. The van der Waals surface area contributed by atoms with Gasteiger partial charge in [-0.15, -0.1) is 10.2 Å². The maximum Gasteiger partial charge on any atom is 0.417 e. The molecule has 1 aliphatic heterocycles. The fourth-order valence-electron chi connectivity index (χ4n) is 4.16. The number of alkyl halides is 3. The van der Waals surface area contributed by atoms with Gasteiger partial charge in [-0.3, -0.25) is 9.69 Å². The molecule has 0 N–H and O–H groups in total. The van der Waals surface area contributed by atoms with Crippen LogP contribution in [0.1, 0.15) is 35.4 Å². The van der Waals surface area contributed by atoms with E-state index in [1.807, 2.05) is 0 Å². The standard InChI is InChI=1S/C26H19ClF4N6O/c1-16-14-21(26(29,30)31)20(15-32)24(33-16)37-13-3-5-22(37)25(38)36(19-9-6-17(28)7-10-19)12-2-4-18-8-11-23(27)35-34-18/h6-11,14,22H,3,5,12-13H2,1H3. The molecule has 1 saturated heterocycles. The van der Waals surface area contributed by atoms with Crippen LogP contribution in [0.2, 0.25) is 5.15 Å². The zero-order valence-electron chi connectivity index (χ0n) is 19.9. The number of anilines is 2. The second-order valence-corrected chi connectivity index (χ2v) is 8.80. The molecule has 0 radical (unpaired) electrons. The summed E-state index contributed by atoms with van der Waals surface area (Å²) < 4.78 is 54.7. The average Bonchev–Trinajstić information content (AvgIpc) is 3.37. The summed E-state index contributed by atoms with van der Waals surface area (Å²) in [6.45, 7) is 1.49. The van der Waals surface area contributed by atoms with Crippen LogP contribution in [0.5, 0.6) is 0 Å². The lowest BCUT2D eigenvalue weighted by molar-refractivity contribution is -0.137. The maximum absolute atomic E-state index is 13.8. The van der Waals surface area contributed by atoms with Gasteiger partial charge in [-0.25, -0.2) is 9.37 Å². The Balaban J connectivity index is 1.70. The lowest BCUT2D eigenvalue weighted by Gasteiger charge is -2.31. The summed E-state index contributed by atoms with van der Waals surface area (Å²) in [7, 11) is 0. The number of nitriles is 1. The van der Waals surface area contributed by atoms with Gasteiger partial charge < -0.3 is 4.90 Å². The minimum atomic E-state index is -4.77. The molecule has 0 bridgehead atoms. The molecule has 1 unspecified atom stereocenters. The van der Waals surface area contributed by atoms with Crippen molar-refractivity contribution in [2.45, 2.75) is 32.0 Å². The molecule has 1 atom stereocenters.